The van der Waals surface area contributed by atoms with Crippen LogP contribution in [0.4, 0.5) is 11.5 Å². The summed E-state index contributed by atoms with van der Waals surface area (Å²) in [7, 11) is 0. The van der Waals surface area contributed by atoms with Crippen LogP contribution in [0.3, 0.4) is 0 Å². The summed E-state index contributed by atoms with van der Waals surface area (Å²) >= 11 is 3.47. The molecular weight excluding hydrogens is 344 g/mol. The van der Waals surface area contributed by atoms with Gasteiger partial charge in [-0.25, -0.2) is 0 Å². The standard InChI is InChI=1S/C16H19BrN4O/c1-3-4-9-18-16(22)14-7-8-15(21-20-14)19-12-5-6-13(17)11(2)10-12/h5-8,10H,3-4,9H2,1-2H3,(H,18,22)(H,19,21). The van der Waals surface area contributed by atoms with E-state index >= 15 is 0 Å². The van der Waals surface area contributed by atoms with Crippen LogP contribution in [-0.2, 0) is 0 Å². The van der Waals surface area contributed by atoms with E-state index in [0.29, 0.717) is 18.1 Å². The van der Waals surface area contributed by atoms with Crippen molar-refractivity contribution in [3.05, 3.63) is 46.1 Å². The van der Waals surface area contributed by atoms with Crippen LogP contribution in [0.25, 0.3) is 0 Å². The third-order valence-electron chi connectivity index (χ3n) is 3.14. The van der Waals surface area contributed by atoms with E-state index in [9.17, 15) is 4.79 Å². The van der Waals surface area contributed by atoms with Gasteiger partial charge in [0.15, 0.2) is 11.5 Å². The minimum absolute atomic E-state index is 0.188. The topological polar surface area (TPSA) is 66.9 Å². The van der Waals surface area contributed by atoms with Crippen LogP contribution in [0.2, 0.25) is 0 Å². The maximum atomic E-state index is 11.8. The van der Waals surface area contributed by atoms with Crippen LogP contribution < -0.4 is 10.6 Å². The second kappa shape index (κ2) is 7.89. The normalized spacial score (nSPS) is 10.3. The Labute approximate surface area is 138 Å². The monoisotopic (exact) mass is 362 g/mol. The van der Waals surface area contributed by atoms with Crippen LogP contribution in [0.1, 0.15) is 35.8 Å². The molecule has 1 amide bonds. The number of carbonyl (C=O) groups excluding carboxylic acids is 1. The van der Waals surface area contributed by atoms with Crippen molar-refractivity contribution in [3.63, 3.8) is 0 Å². The van der Waals surface area contributed by atoms with Gasteiger partial charge < -0.3 is 10.6 Å². The van der Waals surface area contributed by atoms with E-state index in [1.54, 1.807) is 12.1 Å². The Morgan fingerprint density at radius 1 is 1.23 bits per heavy atom. The zero-order valence-electron chi connectivity index (χ0n) is 12.7. The second-order valence-corrected chi connectivity index (χ2v) is 5.86. The summed E-state index contributed by atoms with van der Waals surface area (Å²) < 4.78 is 1.06. The third-order valence-corrected chi connectivity index (χ3v) is 4.03. The van der Waals surface area contributed by atoms with E-state index in [4.69, 9.17) is 0 Å². The fourth-order valence-electron chi connectivity index (χ4n) is 1.86. The highest BCUT2D eigenvalue weighted by Gasteiger charge is 2.07. The number of hydrogen-bond acceptors (Lipinski definition) is 4. The van der Waals surface area contributed by atoms with Gasteiger partial charge in [-0.1, -0.05) is 29.3 Å². The summed E-state index contributed by atoms with van der Waals surface area (Å²) in [5.41, 5.74) is 2.38. The number of amides is 1. The second-order valence-electron chi connectivity index (χ2n) is 5.00. The van der Waals surface area contributed by atoms with E-state index in [2.05, 4.69) is 43.7 Å². The molecule has 0 saturated heterocycles. The number of halogens is 1. The summed E-state index contributed by atoms with van der Waals surface area (Å²) in [4.78, 5) is 11.8. The number of benzene rings is 1. The van der Waals surface area contributed by atoms with E-state index in [0.717, 1.165) is 28.6 Å². The Morgan fingerprint density at radius 2 is 2.05 bits per heavy atom. The quantitative estimate of drug-likeness (QED) is 0.766. The summed E-state index contributed by atoms with van der Waals surface area (Å²) in [6.07, 6.45) is 2.00. The molecule has 1 aromatic heterocycles. The molecule has 0 unspecified atom stereocenters. The van der Waals surface area contributed by atoms with Gasteiger partial charge in [0.05, 0.1) is 0 Å². The first-order valence-electron chi connectivity index (χ1n) is 7.25. The number of hydrogen-bond donors (Lipinski definition) is 2. The number of aromatic nitrogens is 2. The molecule has 6 heteroatoms. The highest BCUT2D eigenvalue weighted by atomic mass is 79.9. The highest BCUT2D eigenvalue weighted by molar-refractivity contribution is 9.10. The van der Waals surface area contributed by atoms with Crippen molar-refractivity contribution in [2.24, 2.45) is 0 Å². The predicted octanol–water partition coefficient (Wildman–Crippen LogP) is 3.82. The van der Waals surface area contributed by atoms with Crippen molar-refractivity contribution in [2.75, 3.05) is 11.9 Å². The average Bonchev–Trinajstić information content (AvgIpc) is 2.52. The first-order valence-corrected chi connectivity index (χ1v) is 8.04. The van der Waals surface area contributed by atoms with Crippen molar-refractivity contribution in [1.82, 2.24) is 15.5 Å². The van der Waals surface area contributed by atoms with Gasteiger partial charge in [0.1, 0.15) is 0 Å². The maximum Gasteiger partial charge on any atom is 0.271 e. The molecule has 0 spiro atoms. The molecule has 5 nitrogen and oxygen atoms in total. The molecule has 0 aliphatic carbocycles. The number of rotatable bonds is 6. The number of anilines is 2. The number of nitrogens with zero attached hydrogens (tertiary/aromatic N) is 2. The first-order chi connectivity index (χ1) is 10.6. The Kier molecular flexibility index (Phi) is 5.89. The largest absolute Gasteiger partial charge is 0.351 e. The van der Waals surface area contributed by atoms with Crippen LogP contribution >= 0.6 is 15.9 Å². The third kappa shape index (κ3) is 4.53. The SMILES string of the molecule is CCCCNC(=O)c1ccc(Nc2ccc(Br)c(C)c2)nn1. The van der Waals surface area contributed by atoms with Gasteiger partial charge in [0.2, 0.25) is 0 Å². The molecule has 2 aromatic rings. The first kappa shape index (κ1) is 16.4. The molecule has 0 atom stereocenters. The number of carbonyl (C=O) groups is 1. The minimum atomic E-state index is -0.188. The predicted molar refractivity (Wildman–Crippen MR) is 91.4 cm³/mol. The fraction of sp³-hybridized carbons (Fsp3) is 0.312. The van der Waals surface area contributed by atoms with Crippen LogP contribution in [0.5, 0.6) is 0 Å². The van der Waals surface area contributed by atoms with Gasteiger partial charge in [0.25, 0.3) is 5.91 Å². The van der Waals surface area contributed by atoms with Crippen LogP contribution in [-0.4, -0.2) is 22.6 Å². The lowest BCUT2D eigenvalue weighted by Gasteiger charge is -2.07. The van der Waals surface area contributed by atoms with E-state index in [1.165, 1.54) is 0 Å². The molecule has 116 valence electrons. The van der Waals surface area contributed by atoms with Crippen molar-refractivity contribution >= 4 is 33.3 Å². The van der Waals surface area contributed by atoms with E-state index in [-0.39, 0.29) is 5.91 Å². The Balaban J connectivity index is 1.99. The summed E-state index contributed by atoms with van der Waals surface area (Å²) in [5, 5.41) is 14.0. The minimum Gasteiger partial charge on any atom is -0.351 e. The highest BCUT2D eigenvalue weighted by Crippen LogP contribution is 2.22. The Hall–Kier alpha value is -1.95. The molecule has 2 N–H and O–H groups in total. The molecule has 1 aromatic carbocycles. The van der Waals surface area contributed by atoms with E-state index in [1.807, 2.05) is 25.1 Å². The summed E-state index contributed by atoms with van der Waals surface area (Å²) in [6, 6.07) is 9.35. The van der Waals surface area contributed by atoms with Crippen LogP contribution in [0, 0.1) is 6.92 Å². The zero-order chi connectivity index (χ0) is 15.9. The zero-order valence-corrected chi connectivity index (χ0v) is 14.3. The molecule has 0 saturated carbocycles. The molecule has 0 aliphatic heterocycles. The summed E-state index contributed by atoms with van der Waals surface area (Å²) in [6.45, 7) is 4.76. The van der Waals surface area contributed by atoms with Crippen molar-refractivity contribution in [1.29, 1.82) is 0 Å². The molecule has 0 bridgehead atoms. The van der Waals surface area contributed by atoms with Gasteiger partial charge in [0, 0.05) is 16.7 Å². The summed E-state index contributed by atoms with van der Waals surface area (Å²) in [5.74, 6) is 0.416. The van der Waals surface area contributed by atoms with Gasteiger partial charge in [-0.15, -0.1) is 10.2 Å². The molecule has 0 aliphatic rings. The van der Waals surface area contributed by atoms with Crippen LogP contribution in [0.15, 0.2) is 34.8 Å². The number of aryl methyl sites for hydroxylation is 1. The Bertz CT molecular complexity index is 643. The smallest absolute Gasteiger partial charge is 0.271 e. The number of unbranched alkanes of at least 4 members (excludes halogenated alkanes) is 1. The lowest BCUT2D eigenvalue weighted by atomic mass is 10.2. The fourth-order valence-corrected chi connectivity index (χ4v) is 2.11. The van der Waals surface area contributed by atoms with E-state index < -0.39 is 0 Å². The molecule has 2 rings (SSSR count). The Morgan fingerprint density at radius 3 is 2.68 bits per heavy atom. The molecular formula is C16H19BrN4O. The lowest BCUT2D eigenvalue weighted by molar-refractivity contribution is 0.0947. The van der Waals surface area contributed by atoms with Crippen molar-refractivity contribution in [3.8, 4) is 0 Å². The van der Waals surface area contributed by atoms with Gasteiger partial charge in [-0.05, 0) is 49.2 Å². The average molecular weight is 363 g/mol. The lowest BCUT2D eigenvalue weighted by Crippen LogP contribution is -2.25. The van der Waals surface area contributed by atoms with Gasteiger partial charge in [-0.3, -0.25) is 4.79 Å². The van der Waals surface area contributed by atoms with Crippen molar-refractivity contribution in [2.45, 2.75) is 26.7 Å². The molecule has 0 fully saturated rings. The molecule has 22 heavy (non-hydrogen) atoms. The van der Waals surface area contributed by atoms with Gasteiger partial charge in [-0.2, -0.15) is 0 Å². The van der Waals surface area contributed by atoms with Crippen molar-refractivity contribution < 1.29 is 4.79 Å². The number of nitrogens with one attached hydrogen (secondary N) is 2. The maximum absolute atomic E-state index is 11.8. The van der Waals surface area contributed by atoms with Gasteiger partial charge >= 0.3 is 0 Å². The molecule has 0 radical (unpaired) electrons. The molecule has 1 heterocycles.